The fourth-order valence-corrected chi connectivity index (χ4v) is 3.69. The summed E-state index contributed by atoms with van der Waals surface area (Å²) in [5.74, 6) is 1.68. The second-order valence-electron chi connectivity index (χ2n) is 7.28. The van der Waals surface area contributed by atoms with Gasteiger partial charge in [0.1, 0.15) is 0 Å². The van der Waals surface area contributed by atoms with Crippen LogP contribution in [0.15, 0.2) is 29.3 Å². The summed E-state index contributed by atoms with van der Waals surface area (Å²) in [7, 11) is 4.06. The van der Waals surface area contributed by atoms with E-state index >= 15 is 0 Å². The van der Waals surface area contributed by atoms with Crippen LogP contribution in [0.25, 0.3) is 0 Å². The highest BCUT2D eigenvalue weighted by Gasteiger charge is 2.24. The van der Waals surface area contributed by atoms with Crippen LogP contribution in [-0.4, -0.2) is 63.7 Å². The smallest absolute Gasteiger partial charge is 0.191 e. The van der Waals surface area contributed by atoms with Crippen LogP contribution in [0.1, 0.15) is 18.4 Å². The van der Waals surface area contributed by atoms with Crippen LogP contribution >= 0.6 is 24.0 Å². The molecule has 2 aliphatic heterocycles. The highest BCUT2D eigenvalue weighted by atomic mass is 127. The molecule has 3 rings (SSSR count). The summed E-state index contributed by atoms with van der Waals surface area (Å²) in [5, 5.41) is 7.11. The van der Waals surface area contributed by atoms with Crippen molar-refractivity contribution >= 4 is 35.6 Å². The van der Waals surface area contributed by atoms with Crippen LogP contribution < -0.4 is 15.5 Å². The Bertz CT molecular complexity index is 559. The number of rotatable bonds is 4. The normalized spacial score (nSPS) is 24.3. The van der Waals surface area contributed by atoms with Crippen LogP contribution in [0.2, 0.25) is 0 Å². The van der Waals surface area contributed by atoms with Crippen LogP contribution in [0.4, 0.5) is 5.69 Å². The van der Waals surface area contributed by atoms with Gasteiger partial charge in [-0.25, -0.2) is 0 Å². The van der Waals surface area contributed by atoms with E-state index in [0.29, 0.717) is 6.04 Å². The summed E-state index contributed by atoms with van der Waals surface area (Å²) in [6.07, 6.45) is 2.44. The number of guanidine groups is 1. The second kappa shape index (κ2) is 9.62. The largest absolute Gasteiger partial charge is 0.369 e. The third-order valence-corrected chi connectivity index (χ3v) is 5.20. The first-order chi connectivity index (χ1) is 11.6. The Morgan fingerprint density at radius 1 is 1.16 bits per heavy atom. The molecule has 6 heteroatoms. The second-order valence-corrected chi connectivity index (χ2v) is 7.28. The van der Waals surface area contributed by atoms with E-state index in [1.807, 2.05) is 7.05 Å². The van der Waals surface area contributed by atoms with Crippen molar-refractivity contribution in [3.63, 3.8) is 0 Å². The molecule has 140 valence electrons. The van der Waals surface area contributed by atoms with Crippen molar-refractivity contribution in [1.29, 1.82) is 0 Å². The lowest BCUT2D eigenvalue weighted by Crippen LogP contribution is -2.46. The molecule has 25 heavy (non-hydrogen) atoms. The SMILES string of the molecule is CN=C(NCC1CCN(C)C1)NC1CCN(c2ccc(C)cc2)C1.I. The first-order valence-corrected chi connectivity index (χ1v) is 9.11. The Kier molecular flexibility index (Phi) is 7.81. The van der Waals surface area contributed by atoms with Crippen molar-refractivity contribution in [2.75, 3.05) is 51.7 Å². The van der Waals surface area contributed by atoms with Crippen LogP contribution in [0, 0.1) is 12.8 Å². The number of aryl methyl sites for hydroxylation is 1. The van der Waals surface area contributed by atoms with Gasteiger partial charge >= 0.3 is 0 Å². The van der Waals surface area contributed by atoms with Crippen molar-refractivity contribution in [2.45, 2.75) is 25.8 Å². The fourth-order valence-electron chi connectivity index (χ4n) is 3.69. The number of hydrogen-bond donors (Lipinski definition) is 2. The number of benzene rings is 1. The zero-order valence-corrected chi connectivity index (χ0v) is 18.0. The molecule has 1 aromatic carbocycles. The zero-order valence-electron chi connectivity index (χ0n) is 15.7. The molecule has 2 N–H and O–H groups in total. The van der Waals surface area contributed by atoms with E-state index in [2.05, 4.69) is 63.7 Å². The molecule has 0 radical (unpaired) electrons. The zero-order chi connectivity index (χ0) is 16.9. The van der Waals surface area contributed by atoms with E-state index in [9.17, 15) is 0 Å². The topological polar surface area (TPSA) is 42.9 Å². The Balaban J connectivity index is 0.00000225. The molecule has 2 aliphatic rings. The Labute approximate surface area is 169 Å². The van der Waals surface area contributed by atoms with Crippen molar-refractivity contribution in [1.82, 2.24) is 15.5 Å². The lowest BCUT2D eigenvalue weighted by atomic mass is 10.1. The van der Waals surface area contributed by atoms with Gasteiger partial charge in [-0.15, -0.1) is 24.0 Å². The van der Waals surface area contributed by atoms with Gasteiger partial charge in [0, 0.05) is 45.0 Å². The van der Waals surface area contributed by atoms with E-state index < -0.39 is 0 Å². The van der Waals surface area contributed by atoms with Gasteiger partial charge in [0.15, 0.2) is 5.96 Å². The van der Waals surface area contributed by atoms with Crippen LogP contribution in [0.5, 0.6) is 0 Å². The molecular formula is C19H32IN5. The van der Waals surface area contributed by atoms with E-state index in [4.69, 9.17) is 0 Å². The third kappa shape index (κ3) is 5.74. The number of hydrogen-bond acceptors (Lipinski definition) is 3. The lowest BCUT2D eigenvalue weighted by Gasteiger charge is -2.21. The van der Waals surface area contributed by atoms with Crippen LogP contribution in [-0.2, 0) is 0 Å². The van der Waals surface area contributed by atoms with Gasteiger partial charge in [0.25, 0.3) is 0 Å². The van der Waals surface area contributed by atoms with Gasteiger partial charge < -0.3 is 20.4 Å². The molecule has 0 amide bonds. The minimum atomic E-state index is 0. The van der Waals surface area contributed by atoms with E-state index in [0.717, 1.165) is 37.9 Å². The molecule has 0 bridgehead atoms. The number of halogens is 1. The summed E-state index contributed by atoms with van der Waals surface area (Å²) < 4.78 is 0. The molecule has 2 heterocycles. The molecule has 2 fully saturated rings. The maximum Gasteiger partial charge on any atom is 0.191 e. The summed E-state index contributed by atoms with van der Waals surface area (Å²) in [6, 6.07) is 9.29. The van der Waals surface area contributed by atoms with Crippen molar-refractivity contribution < 1.29 is 0 Å². The maximum atomic E-state index is 4.40. The quantitative estimate of drug-likeness (QED) is 0.414. The van der Waals surface area contributed by atoms with E-state index in [1.54, 1.807) is 0 Å². The molecule has 2 saturated heterocycles. The standard InChI is InChI=1S/C19H31N5.HI/c1-15-4-6-18(7-5-15)24-11-9-17(14-24)22-19(20-2)21-12-16-8-10-23(3)13-16;/h4-7,16-17H,8-14H2,1-3H3,(H2,20,21,22);1H. The maximum absolute atomic E-state index is 4.40. The number of nitrogens with zero attached hydrogens (tertiary/aromatic N) is 3. The van der Waals surface area contributed by atoms with Crippen molar-refractivity contribution in [3.05, 3.63) is 29.8 Å². The predicted octanol–water partition coefficient (Wildman–Crippen LogP) is 2.31. The van der Waals surface area contributed by atoms with Gasteiger partial charge in [-0.3, -0.25) is 4.99 Å². The van der Waals surface area contributed by atoms with E-state index in [1.165, 1.54) is 30.8 Å². The number of aliphatic imine (C=N–C) groups is 1. The monoisotopic (exact) mass is 457 g/mol. The minimum Gasteiger partial charge on any atom is -0.369 e. The number of anilines is 1. The summed E-state index contributed by atoms with van der Waals surface area (Å²) in [4.78, 5) is 9.26. The molecule has 5 nitrogen and oxygen atoms in total. The van der Waals surface area contributed by atoms with Gasteiger partial charge in [-0.2, -0.15) is 0 Å². The van der Waals surface area contributed by atoms with Crippen molar-refractivity contribution in [2.24, 2.45) is 10.9 Å². The summed E-state index contributed by atoms with van der Waals surface area (Å²) in [6.45, 7) is 7.69. The molecule has 0 aromatic heterocycles. The molecule has 2 atom stereocenters. The first-order valence-electron chi connectivity index (χ1n) is 9.11. The highest BCUT2D eigenvalue weighted by molar-refractivity contribution is 14.0. The Morgan fingerprint density at radius 2 is 1.92 bits per heavy atom. The minimum absolute atomic E-state index is 0. The molecule has 0 aliphatic carbocycles. The number of likely N-dealkylation sites (tertiary alicyclic amines) is 1. The van der Waals surface area contributed by atoms with Crippen LogP contribution in [0.3, 0.4) is 0 Å². The average Bonchev–Trinajstić information content (AvgIpc) is 3.21. The summed E-state index contributed by atoms with van der Waals surface area (Å²) in [5.41, 5.74) is 2.64. The Morgan fingerprint density at radius 3 is 2.56 bits per heavy atom. The molecule has 1 aromatic rings. The number of nitrogens with one attached hydrogen (secondary N) is 2. The van der Waals surface area contributed by atoms with Gasteiger partial charge in [-0.1, -0.05) is 17.7 Å². The third-order valence-electron chi connectivity index (χ3n) is 5.20. The highest BCUT2D eigenvalue weighted by Crippen LogP contribution is 2.20. The molecule has 0 spiro atoms. The lowest BCUT2D eigenvalue weighted by molar-refractivity contribution is 0.393. The fraction of sp³-hybridized carbons (Fsp3) is 0.632. The Hall–Kier alpha value is -1.02. The molecular weight excluding hydrogens is 425 g/mol. The first kappa shape index (κ1) is 20.3. The molecule has 2 unspecified atom stereocenters. The van der Waals surface area contributed by atoms with Crippen molar-refractivity contribution in [3.8, 4) is 0 Å². The predicted molar refractivity (Wildman–Crippen MR) is 117 cm³/mol. The molecule has 0 saturated carbocycles. The van der Waals surface area contributed by atoms with Gasteiger partial charge in [0.05, 0.1) is 0 Å². The van der Waals surface area contributed by atoms with E-state index in [-0.39, 0.29) is 24.0 Å². The average molecular weight is 457 g/mol. The van der Waals surface area contributed by atoms with Gasteiger partial charge in [-0.05, 0) is 51.4 Å². The summed E-state index contributed by atoms with van der Waals surface area (Å²) >= 11 is 0. The van der Waals surface area contributed by atoms with Gasteiger partial charge in [0.2, 0.25) is 0 Å².